The molecule has 0 spiro atoms. The van der Waals surface area contributed by atoms with Crippen LogP contribution < -0.4 is 5.73 Å². The van der Waals surface area contributed by atoms with Crippen molar-refractivity contribution in [1.82, 2.24) is 9.78 Å². The molecule has 1 aromatic heterocycles. The lowest BCUT2D eigenvalue weighted by molar-refractivity contribution is -0.156. The number of nitrogens with zero attached hydrogens (tertiary/aromatic N) is 3. The topological polar surface area (TPSA) is 134 Å². The maximum atomic E-state index is 11.2. The molecule has 1 heterocycles. The summed E-state index contributed by atoms with van der Waals surface area (Å²) in [5, 5.41) is 32.4. The van der Waals surface area contributed by atoms with Crippen LogP contribution in [-0.4, -0.2) is 39.2 Å². The zero-order valence-electron chi connectivity index (χ0n) is 11.7. The summed E-state index contributed by atoms with van der Waals surface area (Å²) in [6.07, 6.45) is -1.74. The lowest BCUT2D eigenvalue weighted by Crippen LogP contribution is -2.29. The lowest BCUT2D eigenvalue weighted by atomic mass is 10.0. The Bertz CT molecular complexity index is 717. The number of carbonyl (C=O) groups is 1. The predicted molar refractivity (Wildman–Crippen MR) is 75.7 cm³/mol. The first-order valence-electron chi connectivity index (χ1n) is 6.27. The van der Waals surface area contributed by atoms with Crippen LogP contribution in [-0.2, 0) is 9.53 Å². The molecular formula is C14H14N4O4. The second kappa shape index (κ2) is 6.26. The summed E-state index contributed by atoms with van der Waals surface area (Å²) >= 11 is 0. The van der Waals surface area contributed by atoms with Crippen molar-refractivity contribution < 1.29 is 19.7 Å². The number of methoxy groups -OCH3 is 1. The van der Waals surface area contributed by atoms with E-state index >= 15 is 0 Å². The Hall–Kier alpha value is -2.89. The van der Waals surface area contributed by atoms with Gasteiger partial charge in [0.15, 0.2) is 6.10 Å². The van der Waals surface area contributed by atoms with Crippen LogP contribution in [0, 0.1) is 11.3 Å². The van der Waals surface area contributed by atoms with E-state index in [-0.39, 0.29) is 11.4 Å². The fraction of sp³-hybridized carbons (Fsp3) is 0.214. The normalized spacial score (nSPS) is 13.2. The number of aromatic nitrogens is 2. The van der Waals surface area contributed by atoms with Gasteiger partial charge in [-0.3, -0.25) is 0 Å². The predicted octanol–water partition coefficient (Wildman–Crippen LogP) is -0.107. The van der Waals surface area contributed by atoms with Crippen LogP contribution in [0.5, 0.6) is 0 Å². The van der Waals surface area contributed by atoms with Crippen LogP contribution in [0.25, 0.3) is 5.69 Å². The van der Waals surface area contributed by atoms with E-state index in [2.05, 4.69) is 9.84 Å². The molecule has 0 saturated heterocycles. The highest BCUT2D eigenvalue weighted by molar-refractivity contribution is 5.75. The summed E-state index contributed by atoms with van der Waals surface area (Å²) in [4.78, 5) is 11.2. The van der Waals surface area contributed by atoms with Crippen molar-refractivity contribution in [1.29, 1.82) is 5.26 Å². The molecular weight excluding hydrogens is 288 g/mol. The van der Waals surface area contributed by atoms with Crippen molar-refractivity contribution in [3.05, 3.63) is 41.6 Å². The first-order chi connectivity index (χ1) is 10.5. The van der Waals surface area contributed by atoms with Crippen molar-refractivity contribution in [3.8, 4) is 11.8 Å². The molecule has 114 valence electrons. The van der Waals surface area contributed by atoms with E-state index in [1.54, 1.807) is 12.1 Å². The van der Waals surface area contributed by atoms with Crippen LogP contribution in [0.2, 0.25) is 0 Å². The van der Waals surface area contributed by atoms with E-state index in [0.29, 0.717) is 11.3 Å². The Kier molecular flexibility index (Phi) is 4.41. The summed E-state index contributed by atoms with van der Waals surface area (Å²) in [6, 6.07) is 8.12. The molecule has 8 nitrogen and oxygen atoms in total. The number of ether oxygens (including phenoxy) is 1. The third kappa shape index (κ3) is 2.76. The van der Waals surface area contributed by atoms with Gasteiger partial charge in [0, 0.05) is 0 Å². The largest absolute Gasteiger partial charge is 0.467 e. The average molecular weight is 302 g/mol. The minimum absolute atomic E-state index is 0.199. The van der Waals surface area contributed by atoms with E-state index < -0.39 is 18.2 Å². The third-order valence-corrected chi connectivity index (χ3v) is 3.15. The Morgan fingerprint density at radius 1 is 1.41 bits per heavy atom. The molecule has 22 heavy (non-hydrogen) atoms. The molecule has 4 N–H and O–H groups in total. The number of hydrogen-bond donors (Lipinski definition) is 3. The first-order valence-corrected chi connectivity index (χ1v) is 6.27. The van der Waals surface area contributed by atoms with Crippen molar-refractivity contribution in [3.63, 3.8) is 0 Å². The van der Waals surface area contributed by atoms with Gasteiger partial charge in [0.25, 0.3) is 0 Å². The van der Waals surface area contributed by atoms with Gasteiger partial charge in [0.05, 0.1) is 19.0 Å². The second-order valence-corrected chi connectivity index (χ2v) is 4.47. The number of benzene rings is 1. The first kappa shape index (κ1) is 15.5. The van der Waals surface area contributed by atoms with E-state index in [1.807, 2.05) is 6.07 Å². The number of anilines is 1. The standard InChI is InChI=1S/C14H14N4O4/c1-22-14(21)12(20)11(19)8-2-4-10(5-3-8)18-13(16)9(6-15)7-17-18/h2-5,7,11-12,19-20H,16H2,1H3. The number of rotatable bonds is 4. The number of nitrogens with two attached hydrogens (primary N) is 1. The van der Waals surface area contributed by atoms with Crippen LogP contribution in [0.4, 0.5) is 5.82 Å². The van der Waals surface area contributed by atoms with Gasteiger partial charge in [-0.2, -0.15) is 10.4 Å². The van der Waals surface area contributed by atoms with E-state index in [0.717, 1.165) is 7.11 Å². The molecule has 0 aliphatic rings. The van der Waals surface area contributed by atoms with Crippen molar-refractivity contribution in [2.45, 2.75) is 12.2 Å². The number of aliphatic hydroxyl groups excluding tert-OH is 2. The van der Waals surface area contributed by atoms with Gasteiger partial charge >= 0.3 is 5.97 Å². The zero-order valence-corrected chi connectivity index (χ0v) is 11.7. The Balaban J connectivity index is 2.25. The van der Waals surface area contributed by atoms with Gasteiger partial charge in [-0.05, 0) is 17.7 Å². The Labute approximate surface area is 126 Å². The number of nitrogen functional groups attached to an aromatic ring is 1. The number of hydrogen-bond acceptors (Lipinski definition) is 7. The van der Waals surface area contributed by atoms with Crippen molar-refractivity contribution in [2.75, 3.05) is 12.8 Å². The van der Waals surface area contributed by atoms with Crippen molar-refractivity contribution in [2.24, 2.45) is 0 Å². The molecule has 2 rings (SSSR count). The minimum Gasteiger partial charge on any atom is -0.467 e. The molecule has 1 aromatic carbocycles. The summed E-state index contributed by atoms with van der Waals surface area (Å²) in [5.74, 6) is -0.725. The molecule has 8 heteroatoms. The van der Waals surface area contributed by atoms with Gasteiger partial charge in [0.2, 0.25) is 0 Å². The molecule has 2 aromatic rings. The maximum Gasteiger partial charge on any atom is 0.337 e. The average Bonchev–Trinajstić information content (AvgIpc) is 2.93. The fourth-order valence-electron chi connectivity index (χ4n) is 1.89. The lowest BCUT2D eigenvalue weighted by Gasteiger charge is -2.16. The molecule has 0 bridgehead atoms. The summed E-state index contributed by atoms with van der Waals surface area (Å²) in [7, 11) is 1.12. The van der Waals surface area contributed by atoms with Gasteiger partial charge in [-0.1, -0.05) is 12.1 Å². The molecule has 2 unspecified atom stereocenters. The molecule has 0 amide bonds. The zero-order chi connectivity index (χ0) is 16.3. The smallest absolute Gasteiger partial charge is 0.337 e. The van der Waals surface area contributed by atoms with Crippen LogP contribution in [0.3, 0.4) is 0 Å². The van der Waals surface area contributed by atoms with Gasteiger partial charge < -0.3 is 20.7 Å². The van der Waals surface area contributed by atoms with E-state index in [1.165, 1.54) is 23.0 Å². The monoisotopic (exact) mass is 302 g/mol. The molecule has 0 saturated carbocycles. The Morgan fingerprint density at radius 2 is 2.05 bits per heavy atom. The molecule has 0 fully saturated rings. The SMILES string of the molecule is COC(=O)C(O)C(O)c1ccc(-n2ncc(C#N)c2N)cc1. The second-order valence-electron chi connectivity index (χ2n) is 4.47. The maximum absolute atomic E-state index is 11.2. The summed E-state index contributed by atoms with van der Waals surface area (Å²) < 4.78 is 5.73. The molecule has 0 aliphatic heterocycles. The third-order valence-electron chi connectivity index (χ3n) is 3.15. The van der Waals surface area contributed by atoms with Crippen LogP contribution >= 0.6 is 0 Å². The molecule has 0 aliphatic carbocycles. The summed E-state index contributed by atoms with van der Waals surface area (Å²) in [5.41, 5.74) is 6.93. The quantitative estimate of drug-likeness (QED) is 0.671. The van der Waals surface area contributed by atoms with E-state index in [9.17, 15) is 15.0 Å². The van der Waals surface area contributed by atoms with Gasteiger partial charge in [-0.25, -0.2) is 9.48 Å². The summed E-state index contributed by atoms with van der Waals surface area (Å²) in [6.45, 7) is 0. The van der Waals surface area contributed by atoms with Crippen LogP contribution in [0.1, 0.15) is 17.2 Å². The highest BCUT2D eigenvalue weighted by atomic mass is 16.5. The number of nitriles is 1. The molecule has 0 radical (unpaired) electrons. The molecule has 2 atom stereocenters. The van der Waals surface area contributed by atoms with Gasteiger partial charge in [0.1, 0.15) is 23.6 Å². The number of aliphatic hydroxyl groups is 2. The highest BCUT2D eigenvalue weighted by Crippen LogP contribution is 2.21. The van der Waals surface area contributed by atoms with Crippen LogP contribution in [0.15, 0.2) is 30.5 Å². The van der Waals surface area contributed by atoms with E-state index in [4.69, 9.17) is 11.0 Å². The number of esters is 1. The minimum atomic E-state index is -1.67. The fourth-order valence-corrected chi connectivity index (χ4v) is 1.89. The Morgan fingerprint density at radius 3 is 2.55 bits per heavy atom. The highest BCUT2D eigenvalue weighted by Gasteiger charge is 2.26. The number of carbonyl (C=O) groups excluding carboxylic acids is 1. The van der Waals surface area contributed by atoms with Crippen molar-refractivity contribution >= 4 is 11.8 Å². The van der Waals surface area contributed by atoms with Gasteiger partial charge in [-0.15, -0.1) is 0 Å².